The second kappa shape index (κ2) is 9.19. The van der Waals surface area contributed by atoms with E-state index in [1.165, 1.54) is 36.5 Å². The van der Waals surface area contributed by atoms with Crippen LogP contribution in [0.5, 0.6) is 0 Å². The molecule has 2 aromatic rings. The molecule has 1 aliphatic heterocycles. The third-order valence-electron chi connectivity index (χ3n) is 4.61. The summed E-state index contributed by atoms with van der Waals surface area (Å²) in [6.45, 7) is 1.45. The maximum Gasteiger partial charge on any atom is 0.270 e. The zero-order chi connectivity index (χ0) is 20.9. The summed E-state index contributed by atoms with van der Waals surface area (Å²) in [6.07, 6.45) is 3.25. The number of H-pyrrole nitrogens is 1. The van der Waals surface area contributed by atoms with Gasteiger partial charge in [0.1, 0.15) is 16.4 Å². The molecule has 29 heavy (non-hydrogen) atoms. The fourth-order valence-electron chi connectivity index (χ4n) is 3.06. The lowest BCUT2D eigenvalue weighted by atomic mass is 10.1. The summed E-state index contributed by atoms with van der Waals surface area (Å²) in [5.74, 6) is -0.883. The number of benzene rings is 1. The first-order valence-corrected chi connectivity index (χ1v) is 10.8. The Bertz CT molecular complexity index is 966. The van der Waals surface area contributed by atoms with Crippen LogP contribution in [-0.4, -0.2) is 56.3 Å². The molecule has 2 amide bonds. The molecule has 1 aromatic heterocycles. The summed E-state index contributed by atoms with van der Waals surface area (Å²) >= 11 is 0. The molecule has 0 radical (unpaired) electrons. The van der Waals surface area contributed by atoms with Crippen LogP contribution in [0.3, 0.4) is 0 Å². The summed E-state index contributed by atoms with van der Waals surface area (Å²) < 4.78 is 40.0. The maximum absolute atomic E-state index is 12.9. The van der Waals surface area contributed by atoms with Crippen LogP contribution in [0.4, 0.5) is 4.39 Å². The highest BCUT2D eigenvalue weighted by atomic mass is 32.2. The van der Waals surface area contributed by atoms with Gasteiger partial charge in [-0.1, -0.05) is 12.1 Å². The van der Waals surface area contributed by atoms with E-state index in [2.05, 4.69) is 15.0 Å². The third-order valence-corrected chi connectivity index (χ3v) is 6.05. The van der Waals surface area contributed by atoms with Crippen LogP contribution in [0.1, 0.15) is 28.9 Å². The van der Waals surface area contributed by atoms with Crippen molar-refractivity contribution in [2.75, 3.05) is 26.2 Å². The molecule has 0 bridgehead atoms. The zero-order valence-corrected chi connectivity index (χ0v) is 16.6. The number of amides is 2. The standard InChI is InChI=1S/C19H23FN4O4S/c20-15-5-3-14(4-6-15)11-18(25)21-7-8-23-29(27,28)16-12-17(22-13-16)19(26)24-9-1-2-10-24/h3-6,12-13,22-23H,1-2,7-11H2,(H,21,25). The Morgan fingerprint density at radius 2 is 1.79 bits per heavy atom. The van der Waals surface area contributed by atoms with Crippen LogP contribution in [0.25, 0.3) is 0 Å². The van der Waals surface area contributed by atoms with Crippen molar-refractivity contribution in [1.82, 2.24) is 19.9 Å². The van der Waals surface area contributed by atoms with Gasteiger partial charge in [0.05, 0.1) is 6.42 Å². The van der Waals surface area contributed by atoms with E-state index < -0.39 is 10.0 Å². The van der Waals surface area contributed by atoms with Gasteiger partial charge in [0.2, 0.25) is 15.9 Å². The zero-order valence-electron chi connectivity index (χ0n) is 15.8. The quantitative estimate of drug-likeness (QED) is 0.552. The van der Waals surface area contributed by atoms with Gasteiger partial charge in [-0.2, -0.15) is 0 Å². The predicted molar refractivity (Wildman–Crippen MR) is 104 cm³/mol. The van der Waals surface area contributed by atoms with Gasteiger partial charge in [-0.15, -0.1) is 0 Å². The second-order valence-corrected chi connectivity index (χ2v) is 8.57. The van der Waals surface area contributed by atoms with Crippen molar-refractivity contribution in [3.8, 4) is 0 Å². The molecule has 0 aliphatic carbocycles. The van der Waals surface area contributed by atoms with E-state index in [0.717, 1.165) is 12.8 Å². The van der Waals surface area contributed by atoms with Crippen molar-refractivity contribution in [3.63, 3.8) is 0 Å². The van der Waals surface area contributed by atoms with Crippen molar-refractivity contribution in [2.45, 2.75) is 24.2 Å². The largest absolute Gasteiger partial charge is 0.356 e. The van der Waals surface area contributed by atoms with Crippen molar-refractivity contribution in [2.24, 2.45) is 0 Å². The molecule has 0 spiro atoms. The van der Waals surface area contributed by atoms with E-state index in [1.54, 1.807) is 4.90 Å². The minimum atomic E-state index is -3.80. The molecule has 1 aromatic carbocycles. The minimum Gasteiger partial charge on any atom is -0.356 e. The molecular weight excluding hydrogens is 399 g/mol. The summed E-state index contributed by atoms with van der Waals surface area (Å²) in [6, 6.07) is 6.90. The van der Waals surface area contributed by atoms with E-state index in [9.17, 15) is 22.4 Å². The summed E-state index contributed by atoms with van der Waals surface area (Å²) in [4.78, 5) is 28.5. The van der Waals surface area contributed by atoms with E-state index in [0.29, 0.717) is 18.7 Å². The molecule has 0 saturated carbocycles. The highest BCUT2D eigenvalue weighted by Gasteiger charge is 2.23. The summed E-state index contributed by atoms with van der Waals surface area (Å²) in [5, 5.41) is 2.60. The van der Waals surface area contributed by atoms with E-state index in [4.69, 9.17) is 0 Å². The van der Waals surface area contributed by atoms with Crippen molar-refractivity contribution >= 4 is 21.8 Å². The highest BCUT2D eigenvalue weighted by Crippen LogP contribution is 2.15. The summed E-state index contributed by atoms with van der Waals surface area (Å²) in [7, 11) is -3.80. The molecule has 10 heteroatoms. The molecule has 3 N–H and O–H groups in total. The van der Waals surface area contributed by atoms with Gasteiger partial charge in [0.15, 0.2) is 0 Å². The van der Waals surface area contributed by atoms with E-state index >= 15 is 0 Å². The number of nitrogens with zero attached hydrogens (tertiary/aromatic N) is 1. The molecule has 156 valence electrons. The SMILES string of the molecule is O=C(Cc1ccc(F)cc1)NCCNS(=O)(=O)c1c[nH]c(C(=O)N2CCCC2)c1. The average Bonchev–Trinajstić information content (AvgIpc) is 3.39. The van der Waals surface area contributed by atoms with Gasteiger partial charge in [-0.25, -0.2) is 17.5 Å². The molecule has 1 saturated heterocycles. The normalized spacial score (nSPS) is 14.2. The molecule has 2 heterocycles. The number of nitrogens with one attached hydrogen (secondary N) is 3. The van der Waals surface area contributed by atoms with Gasteiger partial charge >= 0.3 is 0 Å². The van der Waals surface area contributed by atoms with Crippen LogP contribution >= 0.6 is 0 Å². The van der Waals surface area contributed by atoms with Gasteiger partial charge in [-0.3, -0.25) is 9.59 Å². The van der Waals surface area contributed by atoms with Crippen LogP contribution < -0.4 is 10.0 Å². The number of likely N-dealkylation sites (tertiary alicyclic amines) is 1. The molecule has 8 nitrogen and oxygen atoms in total. The van der Waals surface area contributed by atoms with Crippen molar-refractivity contribution < 1.29 is 22.4 Å². The first-order valence-electron chi connectivity index (χ1n) is 9.34. The summed E-state index contributed by atoms with van der Waals surface area (Å²) in [5.41, 5.74) is 0.895. The molecule has 3 rings (SSSR count). The van der Waals surface area contributed by atoms with Crippen LogP contribution in [-0.2, 0) is 21.2 Å². The lowest BCUT2D eigenvalue weighted by Gasteiger charge is -2.13. The molecule has 0 atom stereocenters. The van der Waals surface area contributed by atoms with Gasteiger partial charge in [0.25, 0.3) is 5.91 Å². The van der Waals surface area contributed by atoms with E-state index in [-0.39, 0.29) is 47.7 Å². The monoisotopic (exact) mass is 422 g/mol. The Balaban J connectivity index is 1.45. The number of carbonyl (C=O) groups excluding carboxylic acids is 2. The topological polar surface area (TPSA) is 111 Å². The smallest absolute Gasteiger partial charge is 0.270 e. The van der Waals surface area contributed by atoms with Gasteiger partial charge in [-0.05, 0) is 36.6 Å². The first-order chi connectivity index (χ1) is 13.8. The van der Waals surface area contributed by atoms with Crippen LogP contribution in [0, 0.1) is 5.82 Å². The van der Waals surface area contributed by atoms with Gasteiger partial charge in [0, 0.05) is 32.4 Å². The molecular formula is C19H23FN4O4S. The predicted octanol–water partition coefficient (Wildman–Crippen LogP) is 1.03. The second-order valence-electron chi connectivity index (χ2n) is 6.80. The Morgan fingerprint density at radius 1 is 1.10 bits per heavy atom. The minimum absolute atomic E-state index is 0.00191. The Morgan fingerprint density at radius 3 is 2.48 bits per heavy atom. The number of aromatic amines is 1. The number of hydrogen-bond acceptors (Lipinski definition) is 4. The van der Waals surface area contributed by atoms with Gasteiger partial charge < -0.3 is 15.2 Å². The number of halogens is 1. The Labute approximate surface area is 168 Å². The average molecular weight is 422 g/mol. The molecule has 1 aliphatic rings. The number of sulfonamides is 1. The van der Waals surface area contributed by atoms with Crippen molar-refractivity contribution in [1.29, 1.82) is 0 Å². The molecule has 0 unspecified atom stereocenters. The lowest BCUT2D eigenvalue weighted by Crippen LogP contribution is -2.35. The van der Waals surface area contributed by atoms with E-state index in [1.807, 2.05) is 0 Å². The Hall–Kier alpha value is -2.72. The fourth-order valence-corrected chi connectivity index (χ4v) is 4.09. The van der Waals surface area contributed by atoms with Crippen LogP contribution in [0.15, 0.2) is 41.4 Å². The van der Waals surface area contributed by atoms with Crippen molar-refractivity contribution in [3.05, 3.63) is 53.6 Å². The van der Waals surface area contributed by atoms with Crippen LogP contribution in [0.2, 0.25) is 0 Å². The first kappa shape index (κ1) is 21.0. The highest BCUT2D eigenvalue weighted by molar-refractivity contribution is 7.89. The third kappa shape index (κ3) is 5.64. The fraction of sp³-hybridized carbons (Fsp3) is 0.368. The number of aromatic nitrogens is 1. The molecule has 1 fully saturated rings. The number of rotatable bonds is 8. The lowest BCUT2D eigenvalue weighted by molar-refractivity contribution is -0.120. The maximum atomic E-state index is 12.9. The number of hydrogen-bond donors (Lipinski definition) is 3. The number of carbonyl (C=O) groups is 2. The Kier molecular flexibility index (Phi) is 6.65.